The zero-order valence-corrected chi connectivity index (χ0v) is 18.0. The minimum Gasteiger partial charge on any atom is -0.482 e. The first-order valence-electron chi connectivity index (χ1n) is 10.4. The van der Waals surface area contributed by atoms with Crippen molar-refractivity contribution in [3.63, 3.8) is 0 Å². The molecule has 1 aromatic carbocycles. The van der Waals surface area contributed by atoms with Crippen LogP contribution in [-0.4, -0.2) is 68.5 Å². The monoisotopic (exact) mass is 417 g/mol. The van der Waals surface area contributed by atoms with Gasteiger partial charge in [-0.1, -0.05) is 6.07 Å². The Bertz CT molecular complexity index is 852. The van der Waals surface area contributed by atoms with E-state index in [1.54, 1.807) is 12.1 Å². The van der Waals surface area contributed by atoms with Crippen LogP contribution in [-0.2, 0) is 14.1 Å². The number of hydrogen-bond donors (Lipinski definition) is 2. The summed E-state index contributed by atoms with van der Waals surface area (Å²) in [7, 11) is -1.07. The maximum absolute atomic E-state index is 15.9. The molecule has 0 aliphatic carbocycles. The van der Waals surface area contributed by atoms with Crippen molar-refractivity contribution in [3.8, 4) is 5.75 Å². The zero-order valence-electron chi connectivity index (χ0n) is 18.0. The van der Waals surface area contributed by atoms with Gasteiger partial charge in [-0.15, -0.1) is 0 Å². The molecule has 3 heterocycles. The van der Waals surface area contributed by atoms with Crippen LogP contribution in [0.2, 0.25) is 0 Å². The summed E-state index contributed by atoms with van der Waals surface area (Å²) in [5.41, 5.74) is 0.0152. The standard InChI is InChI=1S/C21H29BFN3O4/c1-20(2)21(3,4)30-22(29-20)19(23)15(12-26-9-7-24-8-10-26)14-5-6-17-16(11-14)25-18(27)13-28-17/h5-6,11,24H,7-10,12-13H2,1-4H3,(H,25,27). The molecule has 0 atom stereocenters. The Morgan fingerprint density at radius 3 is 2.50 bits per heavy atom. The van der Waals surface area contributed by atoms with E-state index in [0.717, 1.165) is 26.2 Å². The molecule has 162 valence electrons. The van der Waals surface area contributed by atoms with Crippen LogP contribution in [0.15, 0.2) is 23.9 Å². The normalized spacial score (nSPS) is 24.0. The predicted molar refractivity (Wildman–Crippen MR) is 114 cm³/mol. The number of amides is 1. The van der Waals surface area contributed by atoms with Gasteiger partial charge in [0.2, 0.25) is 0 Å². The fourth-order valence-electron chi connectivity index (χ4n) is 3.76. The van der Waals surface area contributed by atoms with Gasteiger partial charge in [-0.25, -0.2) is 4.39 Å². The van der Waals surface area contributed by atoms with Crippen molar-refractivity contribution in [1.29, 1.82) is 0 Å². The van der Waals surface area contributed by atoms with Crippen molar-refractivity contribution in [1.82, 2.24) is 10.2 Å². The van der Waals surface area contributed by atoms with Crippen molar-refractivity contribution in [2.24, 2.45) is 0 Å². The van der Waals surface area contributed by atoms with Gasteiger partial charge in [0, 0.05) is 38.3 Å². The van der Waals surface area contributed by atoms with E-state index >= 15 is 4.39 Å². The van der Waals surface area contributed by atoms with E-state index in [9.17, 15) is 4.79 Å². The molecule has 3 aliphatic heterocycles. The van der Waals surface area contributed by atoms with Crippen molar-refractivity contribution < 1.29 is 23.2 Å². The first-order chi connectivity index (χ1) is 14.2. The Kier molecular flexibility index (Phi) is 5.65. The van der Waals surface area contributed by atoms with Crippen LogP contribution in [0.1, 0.15) is 33.3 Å². The quantitative estimate of drug-likeness (QED) is 0.733. The third-order valence-corrected chi connectivity index (χ3v) is 6.30. The molecular formula is C21H29BFN3O4. The number of carbonyl (C=O) groups is 1. The number of nitrogens with zero attached hydrogens (tertiary/aromatic N) is 1. The minimum atomic E-state index is -1.07. The molecule has 7 nitrogen and oxygen atoms in total. The maximum Gasteiger partial charge on any atom is 0.525 e. The van der Waals surface area contributed by atoms with E-state index in [1.807, 2.05) is 33.8 Å². The molecule has 2 N–H and O–H groups in total. The van der Waals surface area contributed by atoms with Gasteiger partial charge in [0.25, 0.3) is 5.91 Å². The number of anilines is 1. The number of nitrogens with one attached hydrogen (secondary N) is 2. The van der Waals surface area contributed by atoms with Crippen LogP contribution in [0.4, 0.5) is 10.1 Å². The molecule has 1 amide bonds. The van der Waals surface area contributed by atoms with Gasteiger partial charge in [0.05, 0.1) is 16.9 Å². The summed E-state index contributed by atoms with van der Waals surface area (Å²) >= 11 is 0. The molecule has 0 saturated carbocycles. The second-order valence-electron chi connectivity index (χ2n) is 8.99. The number of piperazine rings is 1. The topological polar surface area (TPSA) is 72.1 Å². The van der Waals surface area contributed by atoms with Gasteiger partial charge in [0.15, 0.2) is 6.61 Å². The Morgan fingerprint density at radius 1 is 1.17 bits per heavy atom. The van der Waals surface area contributed by atoms with Crippen LogP contribution in [0.3, 0.4) is 0 Å². The third-order valence-electron chi connectivity index (χ3n) is 6.30. The average molecular weight is 417 g/mol. The summed E-state index contributed by atoms with van der Waals surface area (Å²) in [5, 5.41) is 6.11. The fourth-order valence-corrected chi connectivity index (χ4v) is 3.76. The van der Waals surface area contributed by atoms with Crippen LogP contribution >= 0.6 is 0 Å². The number of rotatable bonds is 4. The molecule has 3 aliphatic rings. The van der Waals surface area contributed by atoms with Crippen molar-refractivity contribution in [2.75, 3.05) is 44.6 Å². The molecule has 0 spiro atoms. The van der Waals surface area contributed by atoms with Crippen LogP contribution < -0.4 is 15.4 Å². The lowest BCUT2D eigenvalue weighted by Gasteiger charge is -2.32. The van der Waals surface area contributed by atoms with E-state index in [1.165, 1.54) is 0 Å². The highest BCUT2D eigenvalue weighted by Gasteiger charge is 2.53. The minimum absolute atomic E-state index is 0.0158. The van der Waals surface area contributed by atoms with Gasteiger partial charge in [-0.05, 0) is 45.4 Å². The second kappa shape index (κ2) is 7.96. The lowest BCUT2D eigenvalue weighted by molar-refractivity contribution is -0.118. The maximum atomic E-state index is 15.9. The van der Waals surface area contributed by atoms with Crippen LogP contribution in [0.5, 0.6) is 5.75 Å². The number of carbonyl (C=O) groups excluding carboxylic acids is 1. The van der Waals surface area contributed by atoms with E-state index in [0.29, 0.717) is 29.1 Å². The van der Waals surface area contributed by atoms with E-state index in [-0.39, 0.29) is 12.5 Å². The SMILES string of the molecule is CC1(C)OB(C(F)=C(CN2CCNCC2)c2ccc3c(c2)NC(=O)CO3)OC1(C)C. The third kappa shape index (κ3) is 4.12. The van der Waals surface area contributed by atoms with Gasteiger partial charge in [-0.3, -0.25) is 9.69 Å². The van der Waals surface area contributed by atoms with Crippen molar-refractivity contribution >= 4 is 24.3 Å². The molecule has 0 aromatic heterocycles. The highest BCUT2D eigenvalue weighted by Crippen LogP contribution is 2.41. The summed E-state index contributed by atoms with van der Waals surface area (Å²) < 4.78 is 33.3. The van der Waals surface area contributed by atoms with Crippen LogP contribution in [0.25, 0.3) is 5.57 Å². The molecule has 2 fully saturated rings. The Labute approximate surface area is 177 Å². The first-order valence-corrected chi connectivity index (χ1v) is 10.4. The number of fused-ring (bicyclic) bond motifs is 1. The molecule has 1 aromatic rings. The van der Waals surface area contributed by atoms with Gasteiger partial charge in [0.1, 0.15) is 11.5 Å². The van der Waals surface area contributed by atoms with Gasteiger partial charge < -0.3 is 24.7 Å². The summed E-state index contributed by atoms with van der Waals surface area (Å²) in [6, 6.07) is 5.34. The van der Waals surface area contributed by atoms with Crippen molar-refractivity contribution in [2.45, 2.75) is 38.9 Å². The van der Waals surface area contributed by atoms with E-state index in [4.69, 9.17) is 14.0 Å². The molecule has 30 heavy (non-hydrogen) atoms. The Morgan fingerprint density at radius 2 is 1.83 bits per heavy atom. The number of benzene rings is 1. The fraction of sp³-hybridized carbons (Fsp3) is 0.571. The Balaban J connectivity index is 1.70. The molecule has 9 heteroatoms. The van der Waals surface area contributed by atoms with Crippen LogP contribution in [0, 0.1) is 0 Å². The molecule has 2 saturated heterocycles. The molecule has 4 rings (SSSR count). The lowest BCUT2D eigenvalue weighted by atomic mass is 9.82. The Hall–Kier alpha value is -1.94. The second-order valence-corrected chi connectivity index (χ2v) is 8.99. The highest BCUT2D eigenvalue weighted by atomic mass is 19.1. The van der Waals surface area contributed by atoms with Gasteiger partial charge in [-0.2, -0.15) is 0 Å². The number of halogens is 1. The average Bonchev–Trinajstić information content (AvgIpc) is 2.93. The first kappa shape index (κ1) is 21.3. The predicted octanol–water partition coefficient (Wildman–Crippen LogP) is 2.23. The molecule has 0 radical (unpaired) electrons. The number of hydrogen-bond acceptors (Lipinski definition) is 6. The highest BCUT2D eigenvalue weighted by molar-refractivity contribution is 6.55. The lowest BCUT2D eigenvalue weighted by Crippen LogP contribution is -2.44. The summed E-state index contributed by atoms with van der Waals surface area (Å²) in [5.74, 6) is 0.356. The van der Waals surface area contributed by atoms with E-state index < -0.39 is 24.0 Å². The summed E-state index contributed by atoms with van der Waals surface area (Å²) in [4.78, 5) is 13.9. The van der Waals surface area contributed by atoms with Crippen molar-refractivity contribution in [3.05, 3.63) is 29.5 Å². The molecular weight excluding hydrogens is 388 g/mol. The van der Waals surface area contributed by atoms with E-state index in [2.05, 4.69) is 15.5 Å². The zero-order chi connectivity index (χ0) is 21.5. The molecule has 0 unspecified atom stereocenters. The largest absolute Gasteiger partial charge is 0.525 e. The summed E-state index contributed by atoms with van der Waals surface area (Å²) in [6.45, 7) is 11.4. The molecule has 0 bridgehead atoms. The smallest absolute Gasteiger partial charge is 0.482 e. The summed E-state index contributed by atoms with van der Waals surface area (Å²) in [6.07, 6.45) is 0. The van der Waals surface area contributed by atoms with Gasteiger partial charge >= 0.3 is 7.12 Å². The number of ether oxygens (including phenoxy) is 1.